The van der Waals surface area contributed by atoms with Gasteiger partial charge in [-0.1, -0.05) is 51.8 Å². The predicted molar refractivity (Wildman–Crippen MR) is 94.9 cm³/mol. The van der Waals surface area contributed by atoms with E-state index in [9.17, 15) is 5.11 Å². The summed E-state index contributed by atoms with van der Waals surface area (Å²) in [5.74, 6) is 11.9. The van der Waals surface area contributed by atoms with Crippen molar-refractivity contribution in [3.8, 4) is 23.7 Å². The number of halogens is 1. The van der Waals surface area contributed by atoms with Crippen LogP contribution in [-0.2, 0) is 9.47 Å². The molecule has 0 aromatic rings. The Morgan fingerprint density at radius 2 is 2.35 bits per heavy atom. The maximum Gasteiger partial charge on any atom is 0.157 e. The van der Waals surface area contributed by atoms with E-state index in [-0.39, 0.29) is 6.29 Å². The first-order valence-corrected chi connectivity index (χ1v) is 9.21. The van der Waals surface area contributed by atoms with Crippen LogP contribution in [0, 0.1) is 23.7 Å². The predicted octanol–water partition coefficient (Wildman–Crippen LogP) is 3.33. The van der Waals surface area contributed by atoms with E-state index in [4.69, 9.17) is 9.47 Å². The van der Waals surface area contributed by atoms with Crippen LogP contribution in [0.5, 0.6) is 0 Å². The van der Waals surface area contributed by atoms with Crippen molar-refractivity contribution < 1.29 is 14.6 Å². The van der Waals surface area contributed by atoms with Gasteiger partial charge in [0.2, 0.25) is 0 Å². The molecule has 4 heteroatoms. The second kappa shape index (κ2) is 9.96. The van der Waals surface area contributed by atoms with Crippen molar-refractivity contribution >= 4 is 15.9 Å². The topological polar surface area (TPSA) is 38.7 Å². The number of aliphatic hydroxyl groups is 1. The molecule has 0 saturated carbocycles. The molecule has 0 spiro atoms. The first kappa shape index (κ1) is 18.3. The van der Waals surface area contributed by atoms with Gasteiger partial charge in [-0.3, -0.25) is 0 Å². The molecule has 3 nitrogen and oxygen atoms in total. The van der Waals surface area contributed by atoms with Crippen molar-refractivity contribution in [1.82, 2.24) is 0 Å². The monoisotopic (exact) mass is 378 g/mol. The second-order valence-corrected chi connectivity index (χ2v) is 6.21. The Kier molecular flexibility index (Phi) is 7.92. The van der Waals surface area contributed by atoms with Gasteiger partial charge in [-0.05, 0) is 38.2 Å². The summed E-state index contributed by atoms with van der Waals surface area (Å²) in [5.41, 5.74) is -0.106. The van der Waals surface area contributed by atoms with Crippen molar-refractivity contribution in [3.63, 3.8) is 0 Å². The Hall–Kier alpha value is -1.04. The summed E-state index contributed by atoms with van der Waals surface area (Å²) in [7, 11) is 0. The molecule has 1 aliphatic heterocycles. The van der Waals surface area contributed by atoms with Crippen molar-refractivity contribution in [3.05, 3.63) is 23.8 Å². The summed E-state index contributed by atoms with van der Waals surface area (Å²) in [4.78, 5) is 0. The van der Waals surface area contributed by atoms with Gasteiger partial charge in [-0.25, -0.2) is 0 Å². The average Bonchev–Trinajstić information content (AvgIpc) is 2.93. The number of allylic oxidation sites excluding steroid dienone is 2. The van der Waals surface area contributed by atoms with Crippen LogP contribution in [0.4, 0.5) is 0 Å². The molecular formula is C19H23BrO3. The normalized spacial score (nSPS) is 27.0. The van der Waals surface area contributed by atoms with Crippen molar-refractivity contribution in [2.75, 3.05) is 18.5 Å². The Labute approximate surface area is 147 Å². The lowest BCUT2D eigenvalue weighted by atomic mass is 9.92. The summed E-state index contributed by atoms with van der Waals surface area (Å²) in [6.45, 7) is 1.29. The third-order valence-corrected chi connectivity index (χ3v) is 4.19. The first-order chi connectivity index (χ1) is 11.2. The van der Waals surface area contributed by atoms with Crippen LogP contribution >= 0.6 is 15.9 Å². The number of ether oxygens (including phenoxy) is 2. The molecule has 23 heavy (non-hydrogen) atoms. The number of rotatable bonds is 4. The molecule has 0 aromatic carbocycles. The second-order valence-electron chi connectivity index (χ2n) is 5.65. The molecule has 124 valence electrons. The summed E-state index contributed by atoms with van der Waals surface area (Å²) in [5, 5.41) is 11.2. The Morgan fingerprint density at radius 3 is 3.13 bits per heavy atom. The quantitative estimate of drug-likeness (QED) is 0.602. The van der Waals surface area contributed by atoms with Gasteiger partial charge in [0.1, 0.15) is 5.60 Å². The van der Waals surface area contributed by atoms with Gasteiger partial charge in [0.05, 0.1) is 11.9 Å². The first-order valence-electron chi connectivity index (χ1n) is 8.09. The number of hydrogen-bond donors (Lipinski definition) is 1. The molecule has 2 aliphatic rings. The van der Waals surface area contributed by atoms with E-state index in [1.807, 2.05) is 12.2 Å². The highest BCUT2D eigenvalue weighted by Crippen LogP contribution is 2.32. The summed E-state index contributed by atoms with van der Waals surface area (Å²) >= 11 is 3.26. The minimum Gasteiger partial charge on any atom is -0.383 e. The van der Waals surface area contributed by atoms with Gasteiger partial charge < -0.3 is 14.6 Å². The van der Waals surface area contributed by atoms with Crippen molar-refractivity contribution in [1.29, 1.82) is 0 Å². The molecule has 2 unspecified atom stereocenters. The third kappa shape index (κ3) is 6.16. The van der Waals surface area contributed by atoms with Crippen LogP contribution in [0.2, 0.25) is 0 Å². The fraction of sp³-hybridized carbons (Fsp3) is 0.579. The molecular weight excluding hydrogens is 356 g/mol. The fourth-order valence-electron chi connectivity index (χ4n) is 2.62. The Morgan fingerprint density at radius 1 is 1.43 bits per heavy atom. The lowest BCUT2D eigenvalue weighted by Gasteiger charge is -2.21. The molecule has 1 aliphatic carbocycles. The molecule has 2 atom stereocenters. The van der Waals surface area contributed by atoms with E-state index < -0.39 is 5.60 Å². The molecule has 1 saturated heterocycles. The molecule has 0 bridgehead atoms. The van der Waals surface area contributed by atoms with E-state index >= 15 is 0 Å². The van der Waals surface area contributed by atoms with Gasteiger partial charge in [-0.15, -0.1) is 0 Å². The van der Waals surface area contributed by atoms with Crippen LogP contribution in [0.3, 0.4) is 0 Å². The standard InChI is InChI=1S/C19H23BrO3/c20-14-5-4-12-19(21)13-8-10-17(19)9-2-1-6-15-22-18-11-3-7-16-23-18/h1,6,10,18,21H,3,7-8,11-16H2. The SMILES string of the molecule is OC1(CC#CCBr)CCC=C1C#CC=CCOC1CCCCO1. The lowest BCUT2D eigenvalue weighted by Crippen LogP contribution is -2.26. The highest BCUT2D eigenvalue weighted by atomic mass is 79.9. The Balaban J connectivity index is 1.77. The van der Waals surface area contributed by atoms with Gasteiger partial charge >= 0.3 is 0 Å². The Bertz CT molecular complexity index is 553. The smallest absolute Gasteiger partial charge is 0.157 e. The highest BCUT2D eigenvalue weighted by molar-refractivity contribution is 9.09. The van der Waals surface area contributed by atoms with E-state index in [2.05, 4.69) is 39.6 Å². The van der Waals surface area contributed by atoms with Crippen LogP contribution in [0.25, 0.3) is 0 Å². The van der Waals surface area contributed by atoms with Crippen molar-refractivity contribution in [2.45, 2.75) is 50.4 Å². The largest absolute Gasteiger partial charge is 0.383 e. The van der Waals surface area contributed by atoms with Gasteiger partial charge in [-0.2, -0.15) is 0 Å². The zero-order valence-electron chi connectivity index (χ0n) is 13.3. The minimum atomic E-state index is -0.886. The molecule has 2 rings (SSSR count). The zero-order chi connectivity index (χ0) is 16.4. The molecule has 1 heterocycles. The highest BCUT2D eigenvalue weighted by Gasteiger charge is 2.33. The summed E-state index contributed by atoms with van der Waals surface area (Å²) in [6.07, 6.45) is 10.8. The maximum absolute atomic E-state index is 10.6. The molecule has 1 N–H and O–H groups in total. The average molecular weight is 379 g/mol. The number of hydrogen-bond acceptors (Lipinski definition) is 3. The molecule has 0 radical (unpaired) electrons. The summed E-state index contributed by atoms with van der Waals surface area (Å²) in [6, 6.07) is 0. The van der Waals surface area contributed by atoms with Crippen molar-refractivity contribution in [2.24, 2.45) is 0 Å². The molecule has 1 fully saturated rings. The zero-order valence-corrected chi connectivity index (χ0v) is 14.9. The van der Waals surface area contributed by atoms with Crippen LogP contribution < -0.4 is 0 Å². The van der Waals surface area contributed by atoms with E-state index in [1.54, 1.807) is 6.08 Å². The van der Waals surface area contributed by atoms with E-state index in [0.29, 0.717) is 24.8 Å². The minimum absolute atomic E-state index is 0.0722. The summed E-state index contributed by atoms with van der Waals surface area (Å²) < 4.78 is 11.1. The third-order valence-electron chi connectivity index (χ3n) is 3.90. The number of alkyl halides is 1. The fourth-order valence-corrected chi connectivity index (χ4v) is 2.82. The molecule has 0 amide bonds. The van der Waals surface area contributed by atoms with E-state index in [0.717, 1.165) is 31.4 Å². The van der Waals surface area contributed by atoms with Crippen LogP contribution in [0.15, 0.2) is 23.8 Å². The van der Waals surface area contributed by atoms with Gasteiger partial charge in [0.15, 0.2) is 6.29 Å². The van der Waals surface area contributed by atoms with Crippen LogP contribution in [0.1, 0.15) is 38.5 Å². The van der Waals surface area contributed by atoms with Gasteiger partial charge in [0.25, 0.3) is 0 Å². The van der Waals surface area contributed by atoms with Crippen LogP contribution in [-0.4, -0.2) is 35.5 Å². The lowest BCUT2D eigenvalue weighted by molar-refractivity contribution is -0.155. The maximum atomic E-state index is 10.6. The van der Waals surface area contributed by atoms with Gasteiger partial charge in [0, 0.05) is 18.6 Å². The van der Waals surface area contributed by atoms with E-state index in [1.165, 1.54) is 6.42 Å². The molecule has 0 aromatic heterocycles.